The third kappa shape index (κ3) is 4.45. The number of carbonyl (C=O) groups excluding carboxylic acids is 1. The molecule has 0 saturated heterocycles. The molecule has 1 aromatic carbocycles. The maximum absolute atomic E-state index is 11.4. The number of hydrogen-bond donors (Lipinski definition) is 0. The molecule has 0 spiro atoms. The zero-order valence-corrected chi connectivity index (χ0v) is 12.8. The van der Waals surface area contributed by atoms with E-state index in [4.69, 9.17) is 0 Å². The van der Waals surface area contributed by atoms with Crippen LogP contribution in [-0.2, 0) is 4.79 Å². The van der Waals surface area contributed by atoms with Crippen molar-refractivity contribution in [3.63, 3.8) is 0 Å². The molecule has 4 heteroatoms. The van der Waals surface area contributed by atoms with Gasteiger partial charge in [0.15, 0.2) is 8.96 Å². The Morgan fingerprint density at radius 1 is 1.28 bits per heavy atom. The lowest BCUT2D eigenvalue weighted by Gasteiger charge is -2.24. The van der Waals surface area contributed by atoms with Crippen molar-refractivity contribution < 1.29 is 4.79 Å². The Morgan fingerprint density at radius 3 is 2.39 bits per heavy atom. The topological polar surface area (TPSA) is 32.7 Å². The molecule has 0 aromatic heterocycles. The SMILES string of the molecule is CCC(=O)CC(C)=NN(c1ccccc1)[SiH](C)C. The fourth-order valence-corrected chi connectivity index (χ4v) is 2.88. The van der Waals surface area contributed by atoms with Gasteiger partial charge >= 0.3 is 0 Å². The fraction of sp³-hybridized carbons (Fsp3) is 0.429. The highest BCUT2D eigenvalue weighted by atomic mass is 28.3. The molecule has 0 unspecified atom stereocenters. The Balaban J connectivity index is 2.87. The molecule has 0 amide bonds. The number of para-hydroxylation sites is 1. The minimum absolute atomic E-state index is 0.245. The van der Waals surface area contributed by atoms with Gasteiger partial charge in [-0.05, 0) is 19.1 Å². The molecule has 0 aliphatic carbocycles. The summed E-state index contributed by atoms with van der Waals surface area (Å²) in [7, 11) is -1.09. The third-order valence-electron chi connectivity index (χ3n) is 2.64. The molecule has 0 bridgehead atoms. The van der Waals surface area contributed by atoms with Gasteiger partial charge in [0.25, 0.3) is 0 Å². The first-order chi connectivity index (χ1) is 8.54. The van der Waals surface area contributed by atoms with Gasteiger partial charge in [-0.3, -0.25) is 9.47 Å². The predicted octanol–water partition coefficient (Wildman–Crippen LogP) is 3.22. The molecular weight excluding hydrogens is 240 g/mol. The van der Waals surface area contributed by atoms with Crippen LogP contribution >= 0.6 is 0 Å². The van der Waals surface area contributed by atoms with Crippen molar-refractivity contribution in [3.05, 3.63) is 30.3 Å². The highest BCUT2D eigenvalue weighted by Gasteiger charge is 2.11. The van der Waals surface area contributed by atoms with Crippen molar-refractivity contribution in [1.29, 1.82) is 0 Å². The smallest absolute Gasteiger partial charge is 0.164 e. The van der Waals surface area contributed by atoms with Crippen LogP contribution in [0.15, 0.2) is 35.4 Å². The summed E-state index contributed by atoms with van der Waals surface area (Å²) in [5.41, 5.74) is 2.01. The van der Waals surface area contributed by atoms with E-state index in [1.165, 1.54) is 0 Å². The summed E-state index contributed by atoms with van der Waals surface area (Å²) in [6.45, 7) is 8.28. The number of benzene rings is 1. The Labute approximate surface area is 111 Å². The van der Waals surface area contributed by atoms with Crippen LogP contribution in [-0.4, -0.2) is 20.5 Å². The standard InChI is InChI=1S/C14H22N2OSi/c1-5-14(17)11-12(2)15-16(18(3)4)13-9-7-6-8-10-13/h6-10,18H,5,11H2,1-4H3. The minimum Gasteiger partial charge on any atom is -0.299 e. The average Bonchev–Trinajstić information content (AvgIpc) is 2.36. The number of hydrazone groups is 1. The zero-order chi connectivity index (χ0) is 13.5. The molecule has 98 valence electrons. The van der Waals surface area contributed by atoms with E-state index < -0.39 is 8.96 Å². The first kappa shape index (κ1) is 14.6. The average molecular weight is 262 g/mol. The van der Waals surface area contributed by atoms with Crippen LogP contribution in [0.25, 0.3) is 0 Å². The first-order valence-corrected chi connectivity index (χ1v) is 9.27. The number of hydrogen-bond acceptors (Lipinski definition) is 3. The zero-order valence-electron chi connectivity index (χ0n) is 11.7. The fourth-order valence-electron chi connectivity index (χ4n) is 1.68. The molecule has 0 atom stereocenters. The van der Waals surface area contributed by atoms with Gasteiger partial charge in [-0.2, -0.15) is 5.10 Å². The normalized spacial score (nSPS) is 11.7. The Kier molecular flexibility index (Phi) is 5.78. The number of rotatable bonds is 6. The quantitative estimate of drug-likeness (QED) is 0.448. The molecule has 0 aliphatic rings. The summed E-state index contributed by atoms with van der Waals surface area (Å²) in [6, 6.07) is 10.2. The molecular formula is C14H22N2OSi. The van der Waals surface area contributed by atoms with E-state index in [1.807, 2.05) is 32.0 Å². The van der Waals surface area contributed by atoms with E-state index in [0.717, 1.165) is 11.4 Å². The second kappa shape index (κ2) is 7.11. The van der Waals surface area contributed by atoms with E-state index in [9.17, 15) is 4.79 Å². The van der Waals surface area contributed by atoms with Gasteiger partial charge in [-0.1, -0.05) is 38.2 Å². The first-order valence-electron chi connectivity index (χ1n) is 6.44. The van der Waals surface area contributed by atoms with Gasteiger partial charge in [0.1, 0.15) is 5.78 Å². The molecule has 1 rings (SSSR count). The Bertz CT molecular complexity index is 415. The highest BCUT2D eigenvalue weighted by Crippen LogP contribution is 2.16. The van der Waals surface area contributed by atoms with E-state index in [2.05, 4.69) is 35.0 Å². The molecule has 3 nitrogen and oxygen atoms in total. The summed E-state index contributed by atoms with van der Waals surface area (Å²) in [6.07, 6.45) is 1.04. The lowest BCUT2D eigenvalue weighted by Crippen LogP contribution is -2.30. The summed E-state index contributed by atoms with van der Waals surface area (Å²) in [5, 5.41) is 4.63. The number of nitrogens with zero attached hydrogens (tertiary/aromatic N) is 2. The third-order valence-corrected chi connectivity index (χ3v) is 4.03. The molecule has 0 heterocycles. The van der Waals surface area contributed by atoms with E-state index >= 15 is 0 Å². The second-order valence-electron chi connectivity index (χ2n) is 4.68. The number of ketones is 1. The highest BCUT2D eigenvalue weighted by molar-refractivity contribution is 6.60. The molecule has 1 aromatic rings. The lowest BCUT2D eigenvalue weighted by molar-refractivity contribution is -0.117. The van der Waals surface area contributed by atoms with Crippen molar-refractivity contribution in [2.45, 2.75) is 39.8 Å². The van der Waals surface area contributed by atoms with Crippen molar-refractivity contribution in [1.82, 2.24) is 0 Å². The molecule has 0 aliphatic heterocycles. The predicted molar refractivity (Wildman–Crippen MR) is 80.8 cm³/mol. The molecule has 0 saturated carbocycles. The van der Waals surface area contributed by atoms with Crippen molar-refractivity contribution in [2.75, 3.05) is 4.67 Å². The lowest BCUT2D eigenvalue weighted by atomic mass is 10.2. The van der Waals surface area contributed by atoms with Crippen molar-refractivity contribution in [3.8, 4) is 0 Å². The van der Waals surface area contributed by atoms with Crippen molar-refractivity contribution >= 4 is 26.1 Å². The van der Waals surface area contributed by atoms with Gasteiger partial charge in [-0.25, -0.2) is 0 Å². The summed E-state index contributed by atoms with van der Waals surface area (Å²) < 4.78 is 2.10. The van der Waals surface area contributed by atoms with Gasteiger partial charge in [0, 0.05) is 24.2 Å². The molecule has 0 radical (unpaired) electrons. The maximum atomic E-state index is 11.4. The molecule has 0 N–H and O–H groups in total. The largest absolute Gasteiger partial charge is 0.299 e. The Hall–Kier alpha value is -1.42. The Morgan fingerprint density at radius 2 is 1.89 bits per heavy atom. The molecule has 18 heavy (non-hydrogen) atoms. The molecule has 0 fully saturated rings. The van der Waals surface area contributed by atoms with Crippen LogP contribution in [0, 0.1) is 0 Å². The van der Waals surface area contributed by atoms with Gasteiger partial charge < -0.3 is 0 Å². The maximum Gasteiger partial charge on any atom is 0.164 e. The van der Waals surface area contributed by atoms with E-state index in [0.29, 0.717) is 12.8 Å². The van der Waals surface area contributed by atoms with E-state index in [1.54, 1.807) is 0 Å². The van der Waals surface area contributed by atoms with Crippen LogP contribution in [0.3, 0.4) is 0 Å². The monoisotopic (exact) mass is 262 g/mol. The summed E-state index contributed by atoms with van der Waals surface area (Å²) in [4.78, 5) is 11.4. The minimum atomic E-state index is -1.09. The van der Waals surface area contributed by atoms with Crippen molar-refractivity contribution in [2.24, 2.45) is 5.10 Å². The van der Waals surface area contributed by atoms with Gasteiger partial charge in [0.2, 0.25) is 0 Å². The van der Waals surface area contributed by atoms with Crippen LogP contribution in [0.2, 0.25) is 13.1 Å². The van der Waals surface area contributed by atoms with Gasteiger partial charge in [-0.15, -0.1) is 0 Å². The van der Waals surface area contributed by atoms with Crippen LogP contribution in [0.1, 0.15) is 26.7 Å². The van der Waals surface area contributed by atoms with Crippen LogP contribution < -0.4 is 4.67 Å². The van der Waals surface area contributed by atoms with E-state index in [-0.39, 0.29) is 5.78 Å². The van der Waals surface area contributed by atoms with Crippen LogP contribution in [0.5, 0.6) is 0 Å². The van der Waals surface area contributed by atoms with Crippen LogP contribution in [0.4, 0.5) is 5.69 Å². The second-order valence-corrected chi connectivity index (χ2v) is 7.35. The number of anilines is 1. The number of Topliss-reactive ketones (excluding diaryl/α,β-unsaturated/α-hetero) is 1. The van der Waals surface area contributed by atoms with Gasteiger partial charge in [0.05, 0.1) is 0 Å². The summed E-state index contributed by atoms with van der Waals surface area (Å²) in [5.74, 6) is 0.245. The number of carbonyl (C=O) groups is 1. The summed E-state index contributed by atoms with van der Waals surface area (Å²) >= 11 is 0.